The zero-order valence-electron chi connectivity index (χ0n) is 14.6. The molecule has 0 unspecified atom stereocenters. The number of ether oxygens (including phenoxy) is 1. The van der Waals surface area contributed by atoms with Crippen molar-refractivity contribution >= 4 is 21.6 Å². The molecule has 1 saturated heterocycles. The first-order valence-electron chi connectivity index (χ1n) is 8.54. The molecule has 1 heterocycles. The first-order chi connectivity index (χ1) is 12.5. The van der Waals surface area contributed by atoms with Crippen LogP contribution in [-0.2, 0) is 14.8 Å². The molecule has 0 spiro atoms. The number of benzene rings is 2. The molecule has 2 N–H and O–H groups in total. The van der Waals surface area contributed by atoms with Gasteiger partial charge in [-0.25, -0.2) is 13.1 Å². The molecule has 1 aliphatic heterocycles. The molecule has 0 aromatic heterocycles. The highest BCUT2D eigenvalue weighted by atomic mass is 32.2. The van der Waals surface area contributed by atoms with Crippen molar-refractivity contribution in [3.05, 3.63) is 59.7 Å². The number of hydrogen-bond donors (Lipinski definition) is 2. The third-order valence-corrected chi connectivity index (χ3v) is 5.78. The van der Waals surface area contributed by atoms with E-state index in [9.17, 15) is 13.2 Å². The summed E-state index contributed by atoms with van der Waals surface area (Å²) in [4.78, 5) is 12.5. The molecule has 0 saturated carbocycles. The van der Waals surface area contributed by atoms with Gasteiger partial charge in [-0.1, -0.05) is 18.2 Å². The predicted molar refractivity (Wildman–Crippen MR) is 99.7 cm³/mol. The lowest BCUT2D eigenvalue weighted by molar-refractivity contribution is 0.102. The van der Waals surface area contributed by atoms with Crippen molar-refractivity contribution in [2.75, 3.05) is 18.5 Å². The molecule has 2 aromatic rings. The summed E-state index contributed by atoms with van der Waals surface area (Å²) in [7, 11) is -3.59. The summed E-state index contributed by atoms with van der Waals surface area (Å²) in [6.07, 6.45) is 1.77. The first-order valence-corrected chi connectivity index (χ1v) is 10.0. The number of anilines is 1. The number of hydrogen-bond acceptors (Lipinski definition) is 4. The van der Waals surface area contributed by atoms with Crippen LogP contribution in [0.15, 0.2) is 53.4 Å². The molecule has 7 heteroatoms. The first kappa shape index (κ1) is 18.6. The molecule has 26 heavy (non-hydrogen) atoms. The molecular formula is C19H22N2O4S. The van der Waals surface area contributed by atoms with Gasteiger partial charge >= 0.3 is 0 Å². The molecule has 0 aliphatic carbocycles. The quantitative estimate of drug-likeness (QED) is 0.814. The highest BCUT2D eigenvalue weighted by Crippen LogP contribution is 2.17. The van der Waals surface area contributed by atoms with Crippen LogP contribution in [0.25, 0.3) is 0 Å². The van der Waals surface area contributed by atoms with Crippen LogP contribution < -0.4 is 10.0 Å². The summed E-state index contributed by atoms with van der Waals surface area (Å²) in [5.41, 5.74) is 2.00. The van der Waals surface area contributed by atoms with Gasteiger partial charge in [0.2, 0.25) is 10.0 Å². The fourth-order valence-electron chi connectivity index (χ4n) is 2.83. The SMILES string of the molecule is Cc1ccccc1C(=O)Nc1ccc(S(=O)(=O)NC[C@H]2CCCO2)cc1. The second kappa shape index (κ2) is 7.99. The van der Waals surface area contributed by atoms with Crippen molar-refractivity contribution in [2.45, 2.75) is 30.8 Å². The van der Waals surface area contributed by atoms with E-state index in [-0.39, 0.29) is 23.5 Å². The lowest BCUT2D eigenvalue weighted by Crippen LogP contribution is -2.31. The summed E-state index contributed by atoms with van der Waals surface area (Å²) in [6, 6.07) is 13.4. The smallest absolute Gasteiger partial charge is 0.255 e. The summed E-state index contributed by atoms with van der Waals surface area (Å²) < 4.78 is 32.7. The van der Waals surface area contributed by atoms with Gasteiger partial charge in [0.15, 0.2) is 0 Å². The molecule has 138 valence electrons. The van der Waals surface area contributed by atoms with Crippen molar-refractivity contribution in [2.24, 2.45) is 0 Å². The number of carbonyl (C=O) groups excluding carboxylic acids is 1. The van der Waals surface area contributed by atoms with Crippen LogP contribution in [-0.4, -0.2) is 33.6 Å². The Labute approximate surface area is 153 Å². The number of carbonyl (C=O) groups is 1. The molecule has 1 atom stereocenters. The van der Waals surface area contributed by atoms with Crippen LogP contribution >= 0.6 is 0 Å². The van der Waals surface area contributed by atoms with Crippen molar-refractivity contribution < 1.29 is 17.9 Å². The Hall–Kier alpha value is -2.22. The normalized spacial score (nSPS) is 17.2. The van der Waals surface area contributed by atoms with Gasteiger partial charge in [0, 0.05) is 24.4 Å². The Morgan fingerprint density at radius 3 is 2.54 bits per heavy atom. The van der Waals surface area contributed by atoms with Crippen LogP contribution in [0.1, 0.15) is 28.8 Å². The molecule has 0 radical (unpaired) electrons. The maximum absolute atomic E-state index is 12.3. The van der Waals surface area contributed by atoms with Crippen molar-refractivity contribution in [3.8, 4) is 0 Å². The van der Waals surface area contributed by atoms with E-state index in [0.29, 0.717) is 17.9 Å². The Balaban J connectivity index is 1.64. The summed E-state index contributed by atoms with van der Waals surface area (Å²) in [5, 5.41) is 2.78. The van der Waals surface area contributed by atoms with E-state index >= 15 is 0 Å². The molecule has 1 fully saturated rings. The monoisotopic (exact) mass is 374 g/mol. The fraction of sp³-hybridized carbons (Fsp3) is 0.316. The van der Waals surface area contributed by atoms with Crippen LogP contribution in [0.5, 0.6) is 0 Å². The topological polar surface area (TPSA) is 84.5 Å². The number of rotatable bonds is 6. The molecule has 1 amide bonds. The van der Waals surface area contributed by atoms with Gasteiger partial charge in [0.05, 0.1) is 11.0 Å². The van der Waals surface area contributed by atoms with E-state index in [1.54, 1.807) is 24.3 Å². The average Bonchev–Trinajstić information content (AvgIpc) is 3.14. The zero-order chi connectivity index (χ0) is 18.6. The zero-order valence-corrected chi connectivity index (χ0v) is 15.4. The van der Waals surface area contributed by atoms with Gasteiger partial charge in [0.1, 0.15) is 0 Å². The largest absolute Gasteiger partial charge is 0.377 e. The lowest BCUT2D eigenvalue weighted by atomic mass is 10.1. The van der Waals surface area contributed by atoms with Crippen LogP contribution in [0.2, 0.25) is 0 Å². The summed E-state index contributed by atoms with van der Waals surface area (Å²) in [5.74, 6) is -0.227. The van der Waals surface area contributed by atoms with Gasteiger partial charge in [-0.3, -0.25) is 4.79 Å². The third kappa shape index (κ3) is 4.49. The van der Waals surface area contributed by atoms with Crippen molar-refractivity contribution in [1.29, 1.82) is 0 Å². The minimum absolute atomic E-state index is 0.0579. The minimum atomic E-state index is -3.59. The van der Waals surface area contributed by atoms with Gasteiger partial charge in [-0.2, -0.15) is 0 Å². The molecule has 3 rings (SSSR count). The second-order valence-electron chi connectivity index (χ2n) is 6.28. The predicted octanol–water partition coefficient (Wildman–Crippen LogP) is 2.70. The summed E-state index contributed by atoms with van der Waals surface area (Å²) >= 11 is 0. The molecular weight excluding hydrogens is 352 g/mol. The van der Waals surface area contributed by atoms with Gasteiger partial charge in [-0.05, 0) is 55.7 Å². The minimum Gasteiger partial charge on any atom is -0.377 e. The Kier molecular flexibility index (Phi) is 5.70. The van der Waals surface area contributed by atoms with E-state index in [0.717, 1.165) is 18.4 Å². The lowest BCUT2D eigenvalue weighted by Gasteiger charge is -2.12. The summed E-state index contributed by atoms with van der Waals surface area (Å²) in [6.45, 7) is 2.82. The molecule has 6 nitrogen and oxygen atoms in total. The van der Waals surface area contributed by atoms with Gasteiger partial charge in [0.25, 0.3) is 5.91 Å². The van der Waals surface area contributed by atoms with E-state index < -0.39 is 10.0 Å². The fourth-order valence-corrected chi connectivity index (χ4v) is 3.90. The van der Waals surface area contributed by atoms with Crippen LogP contribution in [0.3, 0.4) is 0 Å². The Bertz CT molecular complexity index is 873. The average molecular weight is 374 g/mol. The van der Waals surface area contributed by atoms with Gasteiger partial charge in [-0.15, -0.1) is 0 Å². The maximum Gasteiger partial charge on any atom is 0.255 e. The standard InChI is InChI=1S/C19H22N2O4S/c1-14-5-2-3-7-18(14)19(22)21-15-8-10-17(11-9-15)26(23,24)20-13-16-6-4-12-25-16/h2-3,5,7-11,16,20H,4,6,12-13H2,1H3,(H,21,22)/t16-/m1/s1. The van der Waals surface area contributed by atoms with E-state index in [2.05, 4.69) is 10.0 Å². The highest BCUT2D eigenvalue weighted by Gasteiger charge is 2.20. The van der Waals surface area contributed by atoms with E-state index in [4.69, 9.17) is 4.74 Å². The molecule has 2 aromatic carbocycles. The highest BCUT2D eigenvalue weighted by molar-refractivity contribution is 7.89. The van der Waals surface area contributed by atoms with Gasteiger partial charge < -0.3 is 10.1 Å². The van der Waals surface area contributed by atoms with Crippen molar-refractivity contribution in [3.63, 3.8) is 0 Å². The Morgan fingerprint density at radius 2 is 1.88 bits per heavy atom. The number of sulfonamides is 1. The van der Waals surface area contributed by atoms with E-state index in [1.807, 2.05) is 19.1 Å². The maximum atomic E-state index is 12.3. The number of aryl methyl sites for hydroxylation is 1. The van der Waals surface area contributed by atoms with Crippen LogP contribution in [0, 0.1) is 6.92 Å². The third-order valence-electron chi connectivity index (χ3n) is 4.34. The number of nitrogens with one attached hydrogen (secondary N) is 2. The Morgan fingerprint density at radius 1 is 1.15 bits per heavy atom. The molecule has 1 aliphatic rings. The van der Waals surface area contributed by atoms with E-state index in [1.165, 1.54) is 12.1 Å². The van der Waals surface area contributed by atoms with Crippen LogP contribution in [0.4, 0.5) is 5.69 Å². The second-order valence-corrected chi connectivity index (χ2v) is 8.05. The van der Waals surface area contributed by atoms with Crippen molar-refractivity contribution in [1.82, 2.24) is 4.72 Å². The number of amides is 1. The molecule has 0 bridgehead atoms.